The largest absolute Gasteiger partial charge is 0.481 e. The highest BCUT2D eigenvalue weighted by atomic mass is 32.2. The number of H-pyrrole nitrogens is 1. The molecular weight excluding hydrogens is 1280 g/mol. The monoisotopic (exact) mass is 1370 g/mol. The van der Waals surface area contributed by atoms with E-state index in [-0.39, 0.29) is 48.1 Å². The highest BCUT2D eigenvalue weighted by molar-refractivity contribution is 7.89. The maximum atomic E-state index is 14.6. The first-order chi connectivity index (χ1) is 45.9. The quantitative estimate of drug-likeness (QED) is 0.0250. The molecule has 524 valence electrons. The van der Waals surface area contributed by atoms with Crippen molar-refractivity contribution in [2.75, 3.05) is 19.6 Å². The first kappa shape index (κ1) is 77.6. The number of benzene rings is 4. The van der Waals surface area contributed by atoms with Crippen LogP contribution in [0.2, 0.25) is 0 Å². The normalized spacial score (nSPS) is 13.1. The van der Waals surface area contributed by atoms with Crippen molar-refractivity contribution in [2.24, 2.45) is 5.73 Å². The number of aliphatic carboxylic acids is 3. The number of hydrogen-bond donors (Lipinski definition) is 14. The summed E-state index contributed by atoms with van der Waals surface area (Å²) in [4.78, 5) is 160. The molecule has 0 aliphatic carbocycles. The fourth-order valence-corrected chi connectivity index (χ4v) is 11.9. The van der Waals surface area contributed by atoms with Crippen molar-refractivity contribution in [3.63, 3.8) is 0 Å². The van der Waals surface area contributed by atoms with E-state index >= 15 is 0 Å². The lowest BCUT2D eigenvalue weighted by molar-refractivity contribution is -0.140. The van der Waals surface area contributed by atoms with E-state index in [1.807, 2.05) is 51.5 Å². The number of primary amides is 1. The number of carbonyl (C=O) groups excluding carboxylic acids is 9. The van der Waals surface area contributed by atoms with Gasteiger partial charge in [0.15, 0.2) is 0 Å². The summed E-state index contributed by atoms with van der Waals surface area (Å²) in [5, 5.41) is 49.6. The van der Waals surface area contributed by atoms with Crippen LogP contribution < -0.4 is 53.0 Å². The Hall–Kier alpha value is -10.1. The minimum atomic E-state index is -4.57. The lowest BCUT2D eigenvalue weighted by Crippen LogP contribution is -2.58. The molecule has 1 heterocycles. The molecule has 0 saturated heterocycles. The molecule has 0 aliphatic heterocycles. The van der Waals surface area contributed by atoms with E-state index in [0.29, 0.717) is 60.7 Å². The number of unbranched alkanes of at least 4 members (excludes halogenated alkanes) is 3. The number of carbonyl (C=O) groups is 12. The number of nitrogens with two attached hydrogens (primary N) is 1. The topological polar surface area (TPSA) is 450 Å². The zero-order valence-corrected chi connectivity index (χ0v) is 55.5. The lowest BCUT2D eigenvalue weighted by atomic mass is 9.99. The van der Waals surface area contributed by atoms with E-state index in [0.717, 1.165) is 34.4 Å². The van der Waals surface area contributed by atoms with E-state index in [9.17, 15) is 85.7 Å². The maximum absolute atomic E-state index is 14.6. The highest BCUT2D eigenvalue weighted by Crippen LogP contribution is 2.22. The van der Waals surface area contributed by atoms with Crippen LogP contribution in [0.5, 0.6) is 0 Å². The van der Waals surface area contributed by atoms with Gasteiger partial charge in [0.2, 0.25) is 57.3 Å². The number of rotatable bonds is 41. The van der Waals surface area contributed by atoms with Crippen molar-refractivity contribution in [1.29, 1.82) is 0 Å². The van der Waals surface area contributed by atoms with Crippen LogP contribution in [-0.2, 0) is 75.6 Å². The molecule has 30 heteroatoms. The number of aryl methyl sites for hydroxylation is 3. The molecule has 0 fully saturated rings. The fourth-order valence-electron chi connectivity index (χ4n) is 10.7. The Balaban J connectivity index is 1.24. The summed E-state index contributed by atoms with van der Waals surface area (Å²) in [5.41, 5.74) is 11.0. The molecule has 0 unspecified atom stereocenters. The smallest absolute Gasteiger partial charge is 0.305 e. The molecule has 0 spiro atoms. The van der Waals surface area contributed by atoms with Gasteiger partial charge in [-0.05, 0) is 130 Å². The van der Waals surface area contributed by atoms with E-state index in [2.05, 4.69) is 47.5 Å². The van der Waals surface area contributed by atoms with E-state index in [4.69, 9.17) is 5.73 Å². The van der Waals surface area contributed by atoms with E-state index in [1.54, 1.807) is 30.5 Å². The average molecular weight is 1370 g/mol. The van der Waals surface area contributed by atoms with E-state index in [1.165, 1.54) is 36.4 Å². The van der Waals surface area contributed by atoms with Crippen molar-refractivity contribution >= 4 is 92.0 Å². The number of hydrogen-bond acceptors (Lipinski definition) is 14. The molecule has 5 aromatic rings. The third kappa shape index (κ3) is 25.9. The number of halogens is 1. The first-order valence-electron chi connectivity index (χ1n) is 31.7. The summed E-state index contributed by atoms with van der Waals surface area (Å²) in [5.74, 6) is -12.9. The van der Waals surface area contributed by atoms with Crippen molar-refractivity contribution in [3.8, 4) is 0 Å². The first-order valence-corrected chi connectivity index (χ1v) is 33.2. The highest BCUT2D eigenvalue weighted by Gasteiger charge is 2.34. The Morgan fingerprint density at radius 1 is 0.546 bits per heavy atom. The number of amides is 9. The molecule has 97 heavy (non-hydrogen) atoms. The minimum absolute atomic E-state index is 0.0106. The van der Waals surface area contributed by atoms with Gasteiger partial charge < -0.3 is 68.6 Å². The molecule has 9 amide bonds. The zero-order chi connectivity index (χ0) is 71.5. The van der Waals surface area contributed by atoms with Crippen molar-refractivity contribution in [2.45, 2.75) is 172 Å². The van der Waals surface area contributed by atoms with Gasteiger partial charge in [0.05, 0.1) is 17.9 Å². The van der Waals surface area contributed by atoms with Gasteiger partial charge >= 0.3 is 17.9 Å². The zero-order valence-electron chi connectivity index (χ0n) is 54.6. The molecule has 0 radical (unpaired) electrons. The summed E-state index contributed by atoms with van der Waals surface area (Å²) in [6, 6.07) is 11.7. The Kier molecular flexibility index (Phi) is 30.3. The number of nitrogens with one attached hydrogen (secondary N) is 10. The third-order valence-corrected chi connectivity index (χ3v) is 17.2. The number of aromatic amines is 1. The van der Waals surface area contributed by atoms with Crippen LogP contribution in [0.4, 0.5) is 4.39 Å². The molecular formula is C67H86FN11O17S. The summed E-state index contributed by atoms with van der Waals surface area (Å²) in [6.45, 7) is 8.81. The molecule has 1 aromatic heterocycles. The third-order valence-electron chi connectivity index (χ3n) is 15.7. The van der Waals surface area contributed by atoms with Crippen molar-refractivity contribution in [3.05, 3.63) is 136 Å². The summed E-state index contributed by atoms with van der Waals surface area (Å²) >= 11 is 0. The molecule has 0 bridgehead atoms. The van der Waals surface area contributed by atoms with Crippen LogP contribution in [0.15, 0.2) is 96.0 Å². The number of aromatic nitrogens is 1. The van der Waals surface area contributed by atoms with Crippen LogP contribution in [0, 0.1) is 26.6 Å². The SMILES string of the molecule is Cc1cc(C)c(C(=O)NCCCC[C@H](NC(=O)CCCCCNC(=O)[C@H](CCC(=O)O)NC(=O)[C@H](Cc2c[nH]c3ccccc23)NC(=O)[C@H](Cc2cccc(F)c2)NC(=O)CNC(=O)[C@H](CCC(=O)O)NC(=O)[C@@H](CC(=O)O)NS(=O)(=O)c2ccc(C(C)C)cc2)C(N)=O)c(C)c1. The molecule has 28 nitrogen and oxygen atoms in total. The van der Waals surface area contributed by atoms with E-state index < -0.39 is 162 Å². The summed E-state index contributed by atoms with van der Waals surface area (Å²) < 4.78 is 43.4. The molecule has 6 atom stereocenters. The fraction of sp³-hybridized carbons (Fsp3) is 0.433. The Morgan fingerprint density at radius 3 is 1.71 bits per heavy atom. The summed E-state index contributed by atoms with van der Waals surface area (Å²) in [7, 11) is -4.57. The second kappa shape index (κ2) is 37.9. The Bertz CT molecular complexity index is 3750. The van der Waals surface area contributed by atoms with Crippen LogP contribution in [0.1, 0.15) is 141 Å². The van der Waals surface area contributed by atoms with Crippen LogP contribution in [0.3, 0.4) is 0 Å². The Morgan fingerprint density at radius 2 is 1.11 bits per heavy atom. The number of sulfonamides is 1. The minimum Gasteiger partial charge on any atom is -0.481 e. The second-order valence-electron chi connectivity index (χ2n) is 23.9. The molecule has 0 aliphatic rings. The standard InChI is InChI=1S/C67H86FN11O17S/c1-38(2)43-20-22-46(23-21-43)97(95,96)79-54(35-59(86)87)66(93)77-51(25-27-58(84)85)63(90)73-37-56(81)75-52(33-42-14-13-15-45(68)32-42)64(91)78-53(34-44-36-72-48-17-9-8-16-47(44)48)65(92)76-50(24-26-57(82)83)62(89)70-28-11-6-7-19-55(80)74-49(61(69)88)18-10-12-29-71-67(94)60-40(4)30-39(3)31-41(60)5/h8-9,13-17,20-23,30-32,36,38,49-54,72,79H,6-7,10-12,18-19,24-29,33-35,37H2,1-5H3,(H2,69,88)(H,70,89)(H,71,94)(H,73,90)(H,74,80)(H,75,81)(H,76,92)(H,77,93)(H,78,91)(H,82,83)(H,84,85)(H,86,87)/t49-,50-,51-,52-,53-,54+/m0/s1. The van der Waals surface area contributed by atoms with Crippen LogP contribution in [-0.4, -0.2) is 156 Å². The average Bonchev–Trinajstić information content (AvgIpc) is 1.82. The number of para-hydroxylation sites is 1. The molecule has 15 N–H and O–H groups in total. The second-order valence-corrected chi connectivity index (χ2v) is 25.6. The van der Waals surface area contributed by atoms with Crippen LogP contribution >= 0.6 is 0 Å². The predicted octanol–water partition coefficient (Wildman–Crippen LogP) is 2.99. The number of fused-ring (bicyclic) bond motifs is 1. The van der Waals surface area contributed by atoms with Gasteiger partial charge in [-0.15, -0.1) is 0 Å². The van der Waals surface area contributed by atoms with Gasteiger partial charge in [-0.3, -0.25) is 57.5 Å². The van der Waals surface area contributed by atoms with Gasteiger partial charge in [0.25, 0.3) is 5.91 Å². The van der Waals surface area contributed by atoms with Gasteiger partial charge in [0.1, 0.15) is 42.1 Å². The maximum Gasteiger partial charge on any atom is 0.305 e. The number of carboxylic acids is 3. The molecule has 0 saturated carbocycles. The number of carboxylic acid groups (broad SMARTS) is 3. The van der Waals surface area contributed by atoms with Gasteiger partial charge in [-0.25, -0.2) is 12.8 Å². The van der Waals surface area contributed by atoms with Crippen molar-refractivity contribution < 1.29 is 85.7 Å². The predicted molar refractivity (Wildman–Crippen MR) is 353 cm³/mol. The molecule has 5 rings (SSSR count). The Labute approximate surface area is 560 Å². The van der Waals surface area contributed by atoms with Gasteiger partial charge in [0, 0.05) is 67.9 Å². The summed E-state index contributed by atoms with van der Waals surface area (Å²) in [6.07, 6.45) is -0.345. The van der Waals surface area contributed by atoms with Crippen LogP contribution in [0.25, 0.3) is 10.9 Å². The van der Waals surface area contributed by atoms with Gasteiger partial charge in [-0.2, -0.15) is 4.72 Å². The van der Waals surface area contributed by atoms with Crippen molar-refractivity contribution in [1.82, 2.24) is 52.2 Å². The lowest BCUT2D eigenvalue weighted by Gasteiger charge is -2.26. The molecule has 4 aromatic carbocycles. The van der Waals surface area contributed by atoms with Gasteiger partial charge in [-0.1, -0.05) is 80.4 Å².